The molecule has 26 heavy (non-hydrogen) atoms. The summed E-state index contributed by atoms with van der Waals surface area (Å²) in [5.41, 5.74) is 5.33. The second-order valence-electron chi connectivity index (χ2n) is 7.42. The summed E-state index contributed by atoms with van der Waals surface area (Å²) in [5, 5.41) is 6.69. The van der Waals surface area contributed by atoms with Gasteiger partial charge in [-0.25, -0.2) is 0 Å². The summed E-state index contributed by atoms with van der Waals surface area (Å²) in [6, 6.07) is 0. The minimum absolute atomic E-state index is 0. The van der Waals surface area contributed by atoms with Gasteiger partial charge in [0.2, 0.25) is 5.91 Å². The third-order valence-corrected chi connectivity index (χ3v) is 5.07. The summed E-state index contributed by atoms with van der Waals surface area (Å²) >= 11 is 0. The number of nitrogens with one attached hydrogen (secondary N) is 2. The van der Waals surface area contributed by atoms with Crippen LogP contribution in [0.3, 0.4) is 0 Å². The van der Waals surface area contributed by atoms with Crippen molar-refractivity contribution in [2.45, 2.75) is 51.6 Å². The lowest BCUT2D eigenvalue weighted by Crippen LogP contribution is -2.43. The highest BCUT2D eigenvalue weighted by molar-refractivity contribution is 14.0. The highest BCUT2D eigenvalue weighted by Gasteiger charge is 2.29. The van der Waals surface area contributed by atoms with E-state index in [4.69, 9.17) is 10.5 Å². The number of carbonyl (C=O) groups excluding carboxylic acids is 1. The van der Waals surface area contributed by atoms with Gasteiger partial charge in [-0.15, -0.1) is 24.0 Å². The van der Waals surface area contributed by atoms with Crippen LogP contribution in [-0.2, 0) is 9.53 Å². The Balaban J connectivity index is 0.00000338. The van der Waals surface area contributed by atoms with Crippen molar-refractivity contribution in [3.05, 3.63) is 0 Å². The number of hydrogen-bond donors (Lipinski definition) is 3. The zero-order valence-corrected chi connectivity index (χ0v) is 18.6. The fourth-order valence-corrected chi connectivity index (χ4v) is 3.55. The number of nitrogens with zero attached hydrogens (tertiary/aromatic N) is 2. The molecule has 0 aromatic heterocycles. The highest BCUT2D eigenvalue weighted by Crippen LogP contribution is 2.25. The van der Waals surface area contributed by atoms with Crippen molar-refractivity contribution in [3.8, 4) is 0 Å². The van der Waals surface area contributed by atoms with Gasteiger partial charge in [0.25, 0.3) is 0 Å². The molecular formula is C18H36IN5O2. The van der Waals surface area contributed by atoms with Crippen LogP contribution in [0, 0.1) is 5.92 Å². The number of amides is 1. The maximum Gasteiger partial charge on any atom is 0.221 e. The quantitative estimate of drug-likeness (QED) is 0.211. The third kappa shape index (κ3) is 7.96. The van der Waals surface area contributed by atoms with Crippen LogP contribution in [0.4, 0.5) is 0 Å². The first kappa shape index (κ1) is 23.4. The number of guanidine groups is 1. The van der Waals surface area contributed by atoms with Crippen molar-refractivity contribution in [2.75, 3.05) is 45.9 Å². The molecule has 0 bridgehead atoms. The lowest BCUT2D eigenvalue weighted by atomic mass is 9.97. The second-order valence-corrected chi connectivity index (χ2v) is 7.42. The summed E-state index contributed by atoms with van der Waals surface area (Å²) in [6.07, 6.45) is 5.21. The Morgan fingerprint density at radius 2 is 2.19 bits per heavy atom. The first-order chi connectivity index (χ1) is 12.0. The standard InChI is InChI=1S/C18H35N5O2.HI/c1-3-20-17(22-14-18(2)8-5-12-25-18)21-9-6-11-23-10-4-7-15(13-23)16(19)24;/h15H,3-14H2,1-2H3,(H2,19,24)(H2,20,21,22);1H. The van der Waals surface area contributed by atoms with Gasteiger partial charge in [0.05, 0.1) is 18.1 Å². The number of nitrogens with two attached hydrogens (primary N) is 1. The molecule has 2 unspecified atom stereocenters. The maximum atomic E-state index is 11.3. The molecular weight excluding hydrogens is 445 g/mol. The zero-order valence-electron chi connectivity index (χ0n) is 16.3. The van der Waals surface area contributed by atoms with Gasteiger partial charge in [-0.2, -0.15) is 0 Å². The molecule has 4 N–H and O–H groups in total. The number of primary amides is 1. The van der Waals surface area contributed by atoms with Crippen LogP contribution in [0.25, 0.3) is 0 Å². The van der Waals surface area contributed by atoms with E-state index in [1.807, 2.05) is 0 Å². The highest BCUT2D eigenvalue weighted by atomic mass is 127. The molecule has 7 nitrogen and oxygen atoms in total. The van der Waals surface area contributed by atoms with Gasteiger partial charge in [-0.3, -0.25) is 9.79 Å². The van der Waals surface area contributed by atoms with Crippen LogP contribution in [0.15, 0.2) is 4.99 Å². The topological polar surface area (TPSA) is 92.0 Å². The van der Waals surface area contributed by atoms with Crippen LogP contribution < -0.4 is 16.4 Å². The van der Waals surface area contributed by atoms with Crippen molar-refractivity contribution in [2.24, 2.45) is 16.6 Å². The maximum absolute atomic E-state index is 11.3. The molecule has 0 radical (unpaired) electrons. The van der Waals surface area contributed by atoms with E-state index >= 15 is 0 Å². The SMILES string of the molecule is CCNC(=NCC1(C)CCCO1)NCCCN1CCCC(C(N)=O)C1.I. The smallest absolute Gasteiger partial charge is 0.221 e. The number of carbonyl (C=O) groups is 1. The van der Waals surface area contributed by atoms with Crippen molar-refractivity contribution in [1.82, 2.24) is 15.5 Å². The average molecular weight is 481 g/mol. The number of rotatable bonds is 8. The van der Waals surface area contributed by atoms with E-state index in [1.54, 1.807) is 0 Å². The molecule has 2 heterocycles. The molecule has 2 saturated heterocycles. The summed E-state index contributed by atoms with van der Waals surface area (Å²) in [5.74, 6) is 0.715. The monoisotopic (exact) mass is 481 g/mol. The molecule has 0 aromatic carbocycles. The van der Waals surface area contributed by atoms with Crippen molar-refractivity contribution < 1.29 is 9.53 Å². The summed E-state index contributed by atoms with van der Waals surface area (Å²) in [6.45, 7) is 10.3. The van der Waals surface area contributed by atoms with Gasteiger partial charge in [-0.05, 0) is 59.0 Å². The first-order valence-corrected chi connectivity index (χ1v) is 9.70. The Morgan fingerprint density at radius 1 is 1.38 bits per heavy atom. The number of halogens is 1. The summed E-state index contributed by atoms with van der Waals surface area (Å²) < 4.78 is 5.80. The average Bonchev–Trinajstić information content (AvgIpc) is 3.03. The zero-order chi connectivity index (χ0) is 18.1. The van der Waals surface area contributed by atoms with E-state index in [0.717, 1.165) is 77.4 Å². The minimum atomic E-state index is -0.160. The molecule has 1 amide bonds. The molecule has 2 rings (SSSR count). The number of ether oxygens (including phenoxy) is 1. The Bertz CT molecular complexity index is 455. The van der Waals surface area contributed by atoms with Gasteiger partial charge in [-0.1, -0.05) is 0 Å². The van der Waals surface area contributed by atoms with E-state index < -0.39 is 0 Å². The van der Waals surface area contributed by atoms with Crippen molar-refractivity contribution in [1.29, 1.82) is 0 Å². The normalized spacial score (nSPS) is 27.0. The molecule has 152 valence electrons. The van der Waals surface area contributed by atoms with Crippen molar-refractivity contribution >= 4 is 35.8 Å². The van der Waals surface area contributed by atoms with Crippen molar-refractivity contribution in [3.63, 3.8) is 0 Å². The molecule has 0 saturated carbocycles. The van der Waals surface area contributed by atoms with E-state index in [-0.39, 0.29) is 41.4 Å². The Hall–Kier alpha value is -0.610. The predicted octanol–water partition coefficient (Wildman–Crippen LogP) is 1.32. The number of hydrogen-bond acceptors (Lipinski definition) is 4. The summed E-state index contributed by atoms with van der Waals surface area (Å²) in [4.78, 5) is 18.4. The van der Waals surface area contributed by atoms with Crippen LogP contribution in [0.1, 0.15) is 46.0 Å². The van der Waals surface area contributed by atoms with Crippen LogP contribution in [0.5, 0.6) is 0 Å². The first-order valence-electron chi connectivity index (χ1n) is 9.70. The number of likely N-dealkylation sites (tertiary alicyclic amines) is 1. The molecule has 0 aliphatic carbocycles. The fraction of sp³-hybridized carbons (Fsp3) is 0.889. The van der Waals surface area contributed by atoms with E-state index in [9.17, 15) is 4.79 Å². The molecule has 2 aliphatic rings. The molecule has 8 heteroatoms. The van der Waals surface area contributed by atoms with Gasteiger partial charge < -0.3 is 26.0 Å². The molecule has 0 spiro atoms. The minimum Gasteiger partial charge on any atom is -0.373 e. The Labute approximate surface area is 174 Å². The Morgan fingerprint density at radius 3 is 2.85 bits per heavy atom. The summed E-state index contributed by atoms with van der Waals surface area (Å²) in [7, 11) is 0. The Kier molecular flexibility index (Phi) is 10.8. The van der Waals surface area contributed by atoms with Gasteiger partial charge in [0.15, 0.2) is 5.96 Å². The lowest BCUT2D eigenvalue weighted by Gasteiger charge is -2.31. The second kappa shape index (κ2) is 12.0. The third-order valence-electron chi connectivity index (χ3n) is 5.07. The molecule has 2 aliphatic heterocycles. The van der Waals surface area contributed by atoms with Gasteiger partial charge in [0, 0.05) is 26.2 Å². The van der Waals surface area contributed by atoms with E-state index in [0.29, 0.717) is 6.54 Å². The molecule has 2 atom stereocenters. The van der Waals surface area contributed by atoms with Gasteiger partial charge in [0.1, 0.15) is 0 Å². The molecule has 0 aromatic rings. The predicted molar refractivity (Wildman–Crippen MR) is 116 cm³/mol. The van der Waals surface area contributed by atoms with Crippen LogP contribution >= 0.6 is 24.0 Å². The largest absolute Gasteiger partial charge is 0.373 e. The van der Waals surface area contributed by atoms with Crippen LogP contribution in [0.2, 0.25) is 0 Å². The number of piperidine rings is 1. The number of aliphatic imine (C=N–C) groups is 1. The van der Waals surface area contributed by atoms with E-state index in [1.165, 1.54) is 0 Å². The van der Waals surface area contributed by atoms with Gasteiger partial charge >= 0.3 is 0 Å². The van der Waals surface area contributed by atoms with Crippen LogP contribution in [-0.4, -0.2) is 68.2 Å². The molecule has 2 fully saturated rings. The van der Waals surface area contributed by atoms with E-state index in [2.05, 4.69) is 34.4 Å². The fourth-order valence-electron chi connectivity index (χ4n) is 3.55. The lowest BCUT2D eigenvalue weighted by molar-refractivity contribution is -0.123.